The second-order valence-corrected chi connectivity index (χ2v) is 1.61. The summed E-state index contributed by atoms with van der Waals surface area (Å²) in [7, 11) is 0. The highest BCUT2D eigenvalue weighted by atomic mass is 19.4. The van der Waals surface area contributed by atoms with Crippen LogP contribution in [-0.4, -0.2) is 42.9 Å². The number of rotatable bonds is 0. The number of alkyl halides is 6. The molecule has 0 unspecified atom stereocenters. The minimum atomic E-state index is -5.08. The summed E-state index contributed by atoms with van der Waals surface area (Å²) in [6, 6.07) is 0. The Bertz CT molecular complexity index is 196. The largest absolute Gasteiger partial charge is 0.490 e. The fraction of sp³-hybridized carbons (Fsp3) is 0.500. The maximum absolute atomic E-state index is 10.6. The molecular weight excluding hydrogens is 237 g/mol. The maximum atomic E-state index is 10.6. The van der Waals surface area contributed by atoms with E-state index in [0.717, 1.165) is 0 Å². The first-order valence-corrected chi connectivity index (χ1v) is 2.49. The summed E-state index contributed by atoms with van der Waals surface area (Å²) in [5, 5.41) is 14.2. The summed E-state index contributed by atoms with van der Waals surface area (Å²) in [6.07, 6.45) is -10.2. The van der Waals surface area contributed by atoms with Gasteiger partial charge in [0.1, 0.15) is 0 Å². The molecule has 87 valence electrons. The van der Waals surface area contributed by atoms with Crippen LogP contribution in [-0.2, 0) is 9.59 Å². The topological polar surface area (TPSA) is 74.6 Å². The molecule has 2 N–H and O–H groups in total. The van der Waals surface area contributed by atoms with E-state index < -0.39 is 24.3 Å². The Labute approximate surface area is 80.1 Å². The Morgan fingerprint density at radius 2 is 0.800 bits per heavy atom. The van der Waals surface area contributed by atoms with Crippen LogP contribution in [0.4, 0.5) is 26.3 Å². The summed E-state index contributed by atoms with van der Waals surface area (Å²) < 4.78 is 63.5. The lowest BCUT2D eigenvalue weighted by Gasteiger charge is -1.93. The normalized spacial score (nSPS) is 10.5. The quantitative estimate of drug-likeness (QED) is 0.486. The van der Waals surface area contributed by atoms with Gasteiger partial charge in [-0.2, -0.15) is 26.3 Å². The van der Waals surface area contributed by atoms with Gasteiger partial charge in [0.25, 0.3) is 0 Å². The number of hydrogen-bond donors (Lipinski definition) is 2. The summed E-state index contributed by atoms with van der Waals surface area (Å²) >= 11 is 0. The van der Waals surface area contributed by atoms with Crippen molar-refractivity contribution in [1.29, 1.82) is 0 Å². The molecule has 0 bridgehead atoms. The highest BCUT2D eigenvalue weighted by Crippen LogP contribution is 2.13. The van der Waals surface area contributed by atoms with Gasteiger partial charge in [-0.25, -0.2) is 9.59 Å². The first kappa shape index (κ1) is 19.2. The molecule has 0 heterocycles. The lowest BCUT2D eigenvalue weighted by Crippen LogP contribution is -2.21. The van der Waals surface area contributed by atoms with E-state index in [4.69, 9.17) is 19.8 Å². The van der Waals surface area contributed by atoms with Gasteiger partial charge in [-0.1, -0.05) is 0 Å². The Kier molecular flexibility index (Phi) is 7.86. The van der Waals surface area contributed by atoms with E-state index in [1.54, 1.807) is 0 Å². The highest BCUT2D eigenvalue weighted by Gasteiger charge is 2.38. The van der Waals surface area contributed by atoms with Gasteiger partial charge in [0.15, 0.2) is 0 Å². The number of carboxylic acids is 2. The Balaban J connectivity index is -0.000000180. The van der Waals surface area contributed by atoms with Crippen molar-refractivity contribution in [1.82, 2.24) is 0 Å². The molecule has 0 aromatic rings. The van der Waals surface area contributed by atoms with Crippen molar-refractivity contribution < 1.29 is 46.1 Å². The van der Waals surface area contributed by atoms with Crippen LogP contribution >= 0.6 is 0 Å². The molecule has 0 atom stereocenters. The van der Waals surface area contributed by atoms with Crippen molar-refractivity contribution in [2.24, 2.45) is 0 Å². The fourth-order valence-corrected chi connectivity index (χ4v) is 0. The van der Waals surface area contributed by atoms with E-state index in [9.17, 15) is 26.3 Å². The second kappa shape index (κ2) is 6.14. The van der Waals surface area contributed by atoms with E-state index in [1.165, 1.54) is 0 Å². The van der Waals surface area contributed by atoms with Crippen molar-refractivity contribution in [3.05, 3.63) is 0 Å². The number of hydrogen-bond acceptors (Lipinski definition) is 2. The minimum Gasteiger partial charge on any atom is -0.475 e. The average molecular weight is 239 g/mol. The standard InChI is InChI=1S/2C2HF3O2.B/c2*3-2(4,5)1(6)7;/h2*(H,6,7);. The van der Waals surface area contributed by atoms with E-state index in [1.807, 2.05) is 0 Å². The molecule has 4 nitrogen and oxygen atoms in total. The molecule has 0 fully saturated rings. The van der Waals surface area contributed by atoms with E-state index >= 15 is 0 Å². The SMILES string of the molecule is O=C(O)C(F)(F)F.O=C(O)C(F)(F)F.[B]. The van der Waals surface area contributed by atoms with Crippen LogP contribution in [0, 0.1) is 0 Å². The van der Waals surface area contributed by atoms with Gasteiger partial charge < -0.3 is 10.2 Å². The van der Waals surface area contributed by atoms with Gasteiger partial charge in [0.05, 0.1) is 0 Å². The molecule has 0 aliphatic heterocycles. The third kappa shape index (κ3) is 12.6. The lowest BCUT2D eigenvalue weighted by atomic mass is 10.7. The molecule has 0 aromatic heterocycles. The molecule has 15 heavy (non-hydrogen) atoms. The summed E-state index contributed by atoms with van der Waals surface area (Å²) in [4.78, 5) is 17.8. The molecule has 0 aliphatic rings. The molecule has 0 spiro atoms. The average Bonchev–Trinajstić information content (AvgIpc) is 1.83. The lowest BCUT2D eigenvalue weighted by molar-refractivity contribution is -0.193. The van der Waals surface area contributed by atoms with E-state index in [0.29, 0.717) is 0 Å². The van der Waals surface area contributed by atoms with Gasteiger partial charge in [-0.05, 0) is 0 Å². The minimum absolute atomic E-state index is 0. The van der Waals surface area contributed by atoms with Crippen LogP contribution < -0.4 is 0 Å². The smallest absolute Gasteiger partial charge is 0.475 e. The zero-order valence-electron chi connectivity index (χ0n) is 6.56. The van der Waals surface area contributed by atoms with Crippen LogP contribution in [0.1, 0.15) is 0 Å². The monoisotopic (exact) mass is 239 g/mol. The molecule has 0 aromatic carbocycles. The fourth-order valence-electron chi connectivity index (χ4n) is 0. The van der Waals surface area contributed by atoms with Gasteiger partial charge in [0.2, 0.25) is 0 Å². The summed E-state index contributed by atoms with van der Waals surface area (Å²) in [6.45, 7) is 0. The van der Waals surface area contributed by atoms with E-state index in [2.05, 4.69) is 0 Å². The number of aliphatic carboxylic acids is 2. The second-order valence-electron chi connectivity index (χ2n) is 1.61. The van der Waals surface area contributed by atoms with Gasteiger partial charge in [0, 0.05) is 8.41 Å². The molecule has 0 amide bonds. The predicted molar refractivity (Wildman–Crippen MR) is 33.1 cm³/mol. The highest BCUT2D eigenvalue weighted by molar-refractivity contribution is 5.75. The Morgan fingerprint density at radius 3 is 0.800 bits per heavy atom. The number of carboxylic acid groups (broad SMARTS) is 2. The molecule has 3 radical (unpaired) electrons. The third-order valence-electron chi connectivity index (χ3n) is 0.485. The Morgan fingerprint density at radius 1 is 0.733 bits per heavy atom. The zero-order valence-corrected chi connectivity index (χ0v) is 6.56. The van der Waals surface area contributed by atoms with Gasteiger partial charge in [-0.3, -0.25) is 0 Å². The third-order valence-corrected chi connectivity index (χ3v) is 0.485. The molecule has 0 aliphatic carbocycles. The van der Waals surface area contributed by atoms with Crippen LogP contribution in [0.5, 0.6) is 0 Å². The predicted octanol–water partition coefficient (Wildman–Crippen LogP) is 0.886. The van der Waals surface area contributed by atoms with Crippen molar-refractivity contribution in [3.63, 3.8) is 0 Å². The molecule has 0 rings (SSSR count). The molecule has 11 heteroatoms. The molecule has 0 saturated heterocycles. The van der Waals surface area contributed by atoms with Crippen LogP contribution in [0.25, 0.3) is 0 Å². The van der Waals surface area contributed by atoms with Crippen molar-refractivity contribution in [3.8, 4) is 0 Å². The van der Waals surface area contributed by atoms with Crippen LogP contribution in [0.2, 0.25) is 0 Å². The zero-order chi connectivity index (χ0) is 12.2. The van der Waals surface area contributed by atoms with E-state index in [-0.39, 0.29) is 8.41 Å². The van der Waals surface area contributed by atoms with Gasteiger partial charge in [-0.15, -0.1) is 0 Å². The Hall–Kier alpha value is -1.42. The van der Waals surface area contributed by atoms with Crippen molar-refractivity contribution in [2.45, 2.75) is 12.4 Å². The first-order valence-electron chi connectivity index (χ1n) is 2.49. The first-order chi connectivity index (χ1) is 5.89. The van der Waals surface area contributed by atoms with Crippen LogP contribution in [0.15, 0.2) is 0 Å². The van der Waals surface area contributed by atoms with Gasteiger partial charge >= 0.3 is 24.3 Å². The molecule has 0 saturated carbocycles. The number of halogens is 6. The van der Waals surface area contributed by atoms with Crippen molar-refractivity contribution >= 4 is 20.4 Å². The summed E-state index contributed by atoms with van der Waals surface area (Å²) in [5.74, 6) is -5.51. The maximum Gasteiger partial charge on any atom is 0.490 e. The molecular formula is C4H2BF6O4. The summed E-state index contributed by atoms with van der Waals surface area (Å²) in [5.41, 5.74) is 0. The van der Waals surface area contributed by atoms with Crippen molar-refractivity contribution in [2.75, 3.05) is 0 Å². The number of carbonyl (C=O) groups is 2. The van der Waals surface area contributed by atoms with Crippen LogP contribution in [0.3, 0.4) is 0 Å².